The Hall–Kier alpha value is -2.69. The van der Waals surface area contributed by atoms with E-state index in [0.29, 0.717) is 11.3 Å². The minimum Gasteiger partial charge on any atom is -0.507 e. The Labute approximate surface area is 115 Å². The average Bonchev–Trinajstić information content (AvgIpc) is 2.38. The maximum atomic E-state index is 10.6. The standard InChI is InChI=1S/C15H14O5/c16-13-5-2-6-14(17)12(13)9-20-11-4-1-3-10(7-11)8-15(18)19/h1-7,16-17H,8-9H2,(H,18,19). The molecule has 2 aromatic carbocycles. The van der Waals surface area contributed by atoms with E-state index in [-0.39, 0.29) is 30.1 Å². The summed E-state index contributed by atoms with van der Waals surface area (Å²) < 4.78 is 5.46. The third kappa shape index (κ3) is 3.41. The summed E-state index contributed by atoms with van der Waals surface area (Å²) in [5, 5.41) is 28.0. The van der Waals surface area contributed by atoms with Crippen molar-refractivity contribution in [2.75, 3.05) is 0 Å². The van der Waals surface area contributed by atoms with Gasteiger partial charge >= 0.3 is 5.97 Å². The summed E-state index contributed by atoms with van der Waals surface area (Å²) in [5.74, 6) is -0.537. The molecule has 0 radical (unpaired) electrons. The van der Waals surface area contributed by atoms with Gasteiger partial charge in [0.15, 0.2) is 0 Å². The molecule has 2 aromatic rings. The van der Waals surface area contributed by atoms with Crippen molar-refractivity contribution in [3.63, 3.8) is 0 Å². The SMILES string of the molecule is O=C(O)Cc1cccc(OCc2c(O)cccc2O)c1. The molecule has 0 unspecified atom stereocenters. The smallest absolute Gasteiger partial charge is 0.307 e. The van der Waals surface area contributed by atoms with E-state index in [4.69, 9.17) is 9.84 Å². The molecule has 5 nitrogen and oxygen atoms in total. The number of carboxylic acid groups (broad SMARTS) is 1. The lowest BCUT2D eigenvalue weighted by atomic mass is 10.1. The van der Waals surface area contributed by atoms with Crippen LogP contribution in [-0.2, 0) is 17.8 Å². The fourth-order valence-corrected chi connectivity index (χ4v) is 1.79. The summed E-state index contributed by atoms with van der Waals surface area (Å²) in [6, 6.07) is 11.1. The van der Waals surface area contributed by atoms with Crippen molar-refractivity contribution in [3.8, 4) is 17.2 Å². The molecule has 2 rings (SSSR count). The molecule has 0 spiro atoms. The fraction of sp³-hybridized carbons (Fsp3) is 0.133. The molecule has 0 amide bonds. The van der Waals surface area contributed by atoms with Crippen LogP contribution < -0.4 is 4.74 Å². The highest BCUT2D eigenvalue weighted by molar-refractivity contribution is 5.70. The van der Waals surface area contributed by atoms with Crippen LogP contribution in [0.3, 0.4) is 0 Å². The van der Waals surface area contributed by atoms with Crippen LogP contribution in [0.2, 0.25) is 0 Å². The van der Waals surface area contributed by atoms with E-state index in [1.54, 1.807) is 24.3 Å². The van der Waals surface area contributed by atoms with Gasteiger partial charge in [0.25, 0.3) is 0 Å². The minimum absolute atomic E-state index is 0.00493. The van der Waals surface area contributed by atoms with Crippen LogP contribution >= 0.6 is 0 Å². The van der Waals surface area contributed by atoms with Gasteiger partial charge in [0.1, 0.15) is 23.9 Å². The Bertz CT molecular complexity index is 601. The van der Waals surface area contributed by atoms with E-state index < -0.39 is 5.97 Å². The molecule has 0 bridgehead atoms. The molecular weight excluding hydrogens is 260 g/mol. The second kappa shape index (κ2) is 5.97. The van der Waals surface area contributed by atoms with E-state index in [9.17, 15) is 15.0 Å². The van der Waals surface area contributed by atoms with Crippen molar-refractivity contribution in [2.24, 2.45) is 0 Å². The highest BCUT2D eigenvalue weighted by atomic mass is 16.5. The lowest BCUT2D eigenvalue weighted by Gasteiger charge is -2.10. The molecule has 20 heavy (non-hydrogen) atoms. The largest absolute Gasteiger partial charge is 0.507 e. The van der Waals surface area contributed by atoms with Gasteiger partial charge in [0.05, 0.1) is 12.0 Å². The zero-order valence-electron chi connectivity index (χ0n) is 10.6. The number of phenolic OH excluding ortho intramolecular Hbond substituents is 2. The van der Waals surface area contributed by atoms with E-state index in [1.165, 1.54) is 18.2 Å². The van der Waals surface area contributed by atoms with Crippen LogP contribution in [-0.4, -0.2) is 21.3 Å². The van der Waals surface area contributed by atoms with Crippen molar-refractivity contribution in [1.82, 2.24) is 0 Å². The first kappa shape index (κ1) is 13.7. The predicted octanol–water partition coefficient (Wildman–Crippen LogP) is 2.30. The van der Waals surface area contributed by atoms with Gasteiger partial charge in [-0.3, -0.25) is 4.79 Å². The van der Waals surface area contributed by atoms with Gasteiger partial charge < -0.3 is 20.1 Å². The van der Waals surface area contributed by atoms with Crippen LogP contribution in [0.15, 0.2) is 42.5 Å². The Morgan fingerprint density at radius 3 is 2.35 bits per heavy atom. The number of ether oxygens (including phenoxy) is 1. The van der Waals surface area contributed by atoms with Crippen molar-refractivity contribution in [3.05, 3.63) is 53.6 Å². The van der Waals surface area contributed by atoms with Crippen LogP contribution in [0.25, 0.3) is 0 Å². The Balaban J connectivity index is 2.09. The van der Waals surface area contributed by atoms with E-state index in [1.807, 2.05) is 0 Å². The fourth-order valence-electron chi connectivity index (χ4n) is 1.79. The molecule has 0 aromatic heterocycles. The maximum absolute atomic E-state index is 10.6. The summed E-state index contributed by atoms with van der Waals surface area (Å²) in [6.07, 6.45) is -0.0843. The summed E-state index contributed by atoms with van der Waals surface area (Å²) >= 11 is 0. The number of carboxylic acids is 1. The number of rotatable bonds is 5. The van der Waals surface area contributed by atoms with E-state index >= 15 is 0 Å². The summed E-state index contributed by atoms with van der Waals surface area (Å²) in [5.41, 5.74) is 0.910. The lowest BCUT2D eigenvalue weighted by molar-refractivity contribution is -0.136. The quantitative estimate of drug-likeness (QED) is 0.778. The van der Waals surface area contributed by atoms with Gasteiger partial charge in [-0.25, -0.2) is 0 Å². The molecule has 0 atom stereocenters. The van der Waals surface area contributed by atoms with E-state index in [2.05, 4.69) is 0 Å². The third-order valence-corrected chi connectivity index (χ3v) is 2.76. The van der Waals surface area contributed by atoms with Crippen molar-refractivity contribution >= 4 is 5.97 Å². The molecule has 5 heteroatoms. The summed E-state index contributed by atoms with van der Waals surface area (Å²) in [7, 11) is 0. The number of carbonyl (C=O) groups is 1. The number of hydrogen-bond acceptors (Lipinski definition) is 4. The molecular formula is C15H14O5. The van der Waals surface area contributed by atoms with Gasteiger partial charge in [0.2, 0.25) is 0 Å². The molecule has 0 heterocycles. The van der Waals surface area contributed by atoms with Crippen LogP contribution in [0.4, 0.5) is 0 Å². The monoisotopic (exact) mass is 274 g/mol. The number of benzene rings is 2. The molecule has 0 aliphatic carbocycles. The predicted molar refractivity (Wildman–Crippen MR) is 71.9 cm³/mol. The second-order valence-corrected chi connectivity index (χ2v) is 4.28. The second-order valence-electron chi connectivity index (χ2n) is 4.28. The molecule has 104 valence electrons. The van der Waals surface area contributed by atoms with Gasteiger partial charge in [-0.1, -0.05) is 18.2 Å². The number of hydrogen-bond donors (Lipinski definition) is 3. The Kier molecular flexibility index (Phi) is 4.10. The topological polar surface area (TPSA) is 87.0 Å². The zero-order chi connectivity index (χ0) is 14.5. The molecule has 0 aliphatic heterocycles. The van der Waals surface area contributed by atoms with Crippen LogP contribution in [0.1, 0.15) is 11.1 Å². The summed E-state index contributed by atoms with van der Waals surface area (Å²) in [4.78, 5) is 10.6. The zero-order valence-corrected chi connectivity index (χ0v) is 10.6. The van der Waals surface area contributed by atoms with Crippen LogP contribution in [0, 0.1) is 0 Å². The first-order valence-corrected chi connectivity index (χ1v) is 5.99. The highest BCUT2D eigenvalue weighted by Crippen LogP contribution is 2.27. The molecule has 0 saturated heterocycles. The van der Waals surface area contributed by atoms with Gasteiger partial charge in [-0.2, -0.15) is 0 Å². The third-order valence-electron chi connectivity index (χ3n) is 2.76. The minimum atomic E-state index is -0.916. The number of aliphatic carboxylic acids is 1. The summed E-state index contributed by atoms with van der Waals surface area (Å²) in [6.45, 7) is -0.00493. The van der Waals surface area contributed by atoms with Crippen molar-refractivity contribution < 1.29 is 24.9 Å². The van der Waals surface area contributed by atoms with E-state index in [0.717, 1.165) is 0 Å². The van der Waals surface area contributed by atoms with Crippen molar-refractivity contribution in [1.29, 1.82) is 0 Å². The van der Waals surface area contributed by atoms with Gasteiger partial charge in [0, 0.05) is 0 Å². The maximum Gasteiger partial charge on any atom is 0.307 e. The Morgan fingerprint density at radius 2 is 1.70 bits per heavy atom. The average molecular weight is 274 g/mol. The first-order chi connectivity index (χ1) is 9.56. The van der Waals surface area contributed by atoms with Crippen LogP contribution in [0.5, 0.6) is 17.2 Å². The normalized spacial score (nSPS) is 10.2. The van der Waals surface area contributed by atoms with Gasteiger partial charge in [-0.05, 0) is 29.8 Å². The Morgan fingerprint density at radius 1 is 1.05 bits per heavy atom. The molecule has 3 N–H and O–H groups in total. The number of aromatic hydroxyl groups is 2. The van der Waals surface area contributed by atoms with Gasteiger partial charge in [-0.15, -0.1) is 0 Å². The molecule has 0 fully saturated rings. The number of phenols is 2. The molecule has 0 saturated carbocycles. The first-order valence-electron chi connectivity index (χ1n) is 5.99. The van der Waals surface area contributed by atoms with Crippen molar-refractivity contribution in [2.45, 2.75) is 13.0 Å². The molecule has 0 aliphatic rings. The highest BCUT2D eigenvalue weighted by Gasteiger charge is 2.08. The lowest BCUT2D eigenvalue weighted by Crippen LogP contribution is -2.01.